The lowest BCUT2D eigenvalue weighted by atomic mass is 10.2. The van der Waals surface area contributed by atoms with E-state index in [1.165, 1.54) is 0 Å². The first-order chi connectivity index (χ1) is 13.0. The monoisotopic (exact) mass is 407 g/mol. The van der Waals surface area contributed by atoms with Gasteiger partial charge in [-0.05, 0) is 37.3 Å². The number of methoxy groups -OCH3 is 1. The Morgan fingerprint density at radius 3 is 2.52 bits per heavy atom. The average Bonchev–Trinajstić information content (AvgIpc) is 2.70. The number of carbonyl (C=O) groups excluding carboxylic acids is 1. The molecule has 1 aliphatic rings. The van der Waals surface area contributed by atoms with E-state index in [2.05, 4.69) is 21.2 Å². The average molecular weight is 408 g/mol. The van der Waals surface area contributed by atoms with Crippen LogP contribution in [-0.4, -0.2) is 50.1 Å². The number of para-hydroxylation sites is 2. The summed E-state index contributed by atoms with van der Waals surface area (Å²) < 4.78 is 5.46. The fourth-order valence-electron chi connectivity index (χ4n) is 3.24. The number of hydrogen-bond donors (Lipinski definition) is 1. The van der Waals surface area contributed by atoms with Crippen molar-refractivity contribution in [2.45, 2.75) is 13.0 Å². The topological polar surface area (TPSA) is 44.8 Å². The quantitative estimate of drug-likeness (QED) is 0.808. The number of anilines is 2. The summed E-state index contributed by atoms with van der Waals surface area (Å²) in [6, 6.07) is 12.8. The van der Waals surface area contributed by atoms with Gasteiger partial charge in [-0.1, -0.05) is 35.3 Å². The SMILES string of the molecule is COc1ccccc1N1CCN([C@@H](C)C(=O)Nc2cc(Cl)ccc2Cl)CC1. The molecule has 0 aliphatic carbocycles. The van der Waals surface area contributed by atoms with Gasteiger partial charge in [-0.25, -0.2) is 0 Å². The molecule has 3 rings (SSSR count). The van der Waals surface area contributed by atoms with Crippen molar-refractivity contribution in [2.75, 3.05) is 43.5 Å². The summed E-state index contributed by atoms with van der Waals surface area (Å²) in [4.78, 5) is 17.1. The van der Waals surface area contributed by atoms with Gasteiger partial charge in [0.25, 0.3) is 0 Å². The van der Waals surface area contributed by atoms with Crippen LogP contribution in [0.1, 0.15) is 6.92 Å². The molecule has 0 aromatic heterocycles. The fraction of sp³-hybridized carbons (Fsp3) is 0.350. The standard InChI is InChI=1S/C20H23Cl2N3O2/c1-14(20(26)23-17-13-15(21)7-8-16(17)22)24-9-11-25(12-10-24)18-5-3-4-6-19(18)27-2/h3-8,13-14H,9-12H2,1-2H3,(H,23,26)/t14-/m0/s1. The zero-order chi connectivity index (χ0) is 19.4. The lowest BCUT2D eigenvalue weighted by Gasteiger charge is -2.38. The van der Waals surface area contributed by atoms with Crippen LogP contribution in [0.4, 0.5) is 11.4 Å². The van der Waals surface area contributed by atoms with E-state index < -0.39 is 0 Å². The molecule has 7 heteroatoms. The van der Waals surface area contributed by atoms with Gasteiger partial charge in [0.15, 0.2) is 0 Å². The van der Waals surface area contributed by atoms with Gasteiger partial charge in [0.1, 0.15) is 5.75 Å². The molecule has 0 spiro atoms. The predicted molar refractivity (Wildman–Crippen MR) is 111 cm³/mol. The fourth-order valence-corrected chi connectivity index (χ4v) is 3.57. The van der Waals surface area contributed by atoms with Crippen molar-refractivity contribution < 1.29 is 9.53 Å². The van der Waals surface area contributed by atoms with Crippen LogP contribution in [0.2, 0.25) is 10.0 Å². The predicted octanol–water partition coefficient (Wildman–Crippen LogP) is 4.15. The number of carbonyl (C=O) groups is 1. The number of nitrogens with one attached hydrogen (secondary N) is 1. The molecule has 5 nitrogen and oxygen atoms in total. The molecule has 1 N–H and O–H groups in total. The molecule has 0 radical (unpaired) electrons. The highest BCUT2D eigenvalue weighted by molar-refractivity contribution is 6.35. The Labute approximate surface area is 169 Å². The molecule has 144 valence electrons. The molecule has 0 unspecified atom stereocenters. The first-order valence-corrected chi connectivity index (χ1v) is 9.63. The van der Waals surface area contributed by atoms with E-state index in [1.807, 2.05) is 25.1 Å². The van der Waals surface area contributed by atoms with Crippen LogP contribution in [0, 0.1) is 0 Å². The maximum atomic E-state index is 12.6. The van der Waals surface area contributed by atoms with E-state index in [4.69, 9.17) is 27.9 Å². The summed E-state index contributed by atoms with van der Waals surface area (Å²) in [6.45, 7) is 5.14. The van der Waals surface area contributed by atoms with E-state index >= 15 is 0 Å². The summed E-state index contributed by atoms with van der Waals surface area (Å²) in [7, 11) is 1.68. The zero-order valence-corrected chi connectivity index (χ0v) is 16.9. The number of nitrogens with zero attached hydrogens (tertiary/aromatic N) is 2. The third kappa shape index (κ3) is 4.67. The number of benzene rings is 2. The van der Waals surface area contributed by atoms with Crippen LogP contribution >= 0.6 is 23.2 Å². The molecule has 27 heavy (non-hydrogen) atoms. The van der Waals surface area contributed by atoms with Gasteiger partial charge in [-0.3, -0.25) is 9.69 Å². The van der Waals surface area contributed by atoms with Crippen LogP contribution in [0.5, 0.6) is 5.75 Å². The molecule has 0 bridgehead atoms. The number of piperazine rings is 1. The molecule has 1 atom stereocenters. The Hall–Kier alpha value is -1.95. The Morgan fingerprint density at radius 2 is 1.81 bits per heavy atom. The minimum atomic E-state index is -0.264. The minimum Gasteiger partial charge on any atom is -0.495 e. The summed E-state index contributed by atoms with van der Waals surface area (Å²) in [5.41, 5.74) is 1.62. The van der Waals surface area contributed by atoms with E-state index in [0.29, 0.717) is 15.7 Å². The minimum absolute atomic E-state index is 0.0927. The number of rotatable bonds is 5. The van der Waals surface area contributed by atoms with Gasteiger partial charge in [0, 0.05) is 31.2 Å². The Kier molecular flexibility index (Phi) is 6.47. The van der Waals surface area contributed by atoms with Crippen molar-refractivity contribution in [3.05, 3.63) is 52.5 Å². The van der Waals surface area contributed by atoms with E-state index in [-0.39, 0.29) is 11.9 Å². The van der Waals surface area contributed by atoms with Crippen LogP contribution < -0.4 is 15.0 Å². The van der Waals surface area contributed by atoms with Crippen molar-refractivity contribution in [1.29, 1.82) is 0 Å². The second-order valence-electron chi connectivity index (χ2n) is 6.48. The van der Waals surface area contributed by atoms with Crippen molar-refractivity contribution >= 4 is 40.5 Å². The van der Waals surface area contributed by atoms with Gasteiger partial charge < -0.3 is 15.0 Å². The van der Waals surface area contributed by atoms with Crippen molar-refractivity contribution in [2.24, 2.45) is 0 Å². The number of halogens is 2. The zero-order valence-electron chi connectivity index (χ0n) is 15.4. The molecule has 1 fully saturated rings. The molecule has 1 saturated heterocycles. The summed E-state index contributed by atoms with van der Waals surface area (Å²) in [5.74, 6) is 0.775. The largest absolute Gasteiger partial charge is 0.495 e. The van der Waals surface area contributed by atoms with Crippen molar-refractivity contribution in [1.82, 2.24) is 4.90 Å². The highest BCUT2D eigenvalue weighted by Gasteiger charge is 2.27. The van der Waals surface area contributed by atoms with Crippen LogP contribution in [-0.2, 0) is 4.79 Å². The molecule has 1 amide bonds. The van der Waals surface area contributed by atoms with Gasteiger partial charge in [-0.2, -0.15) is 0 Å². The smallest absolute Gasteiger partial charge is 0.241 e. The number of hydrogen-bond acceptors (Lipinski definition) is 4. The Bertz CT molecular complexity index is 808. The third-order valence-electron chi connectivity index (χ3n) is 4.85. The van der Waals surface area contributed by atoms with Gasteiger partial charge in [0.05, 0.1) is 29.5 Å². The molecular weight excluding hydrogens is 385 g/mol. The molecule has 2 aromatic carbocycles. The highest BCUT2D eigenvalue weighted by atomic mass is 35.5. The summed E-state index contributed by atoms with van der Waals surface area (Å²) >= 11 is 12.1. The molecule has 1 heterocycles. The highest BCUT2D eigenvalue weighted by Crippen LogP contribution is 2.29. The van der Waals surface area contributed by atoms with Gasteiger partial charge in [0.2, 0.25) is 5.91 Å². The number of ether oxygens (including phenoxy) is 1. The van der Waals surface area contributed by atoms with Crippen LogP contribution in [0.25, 0.3) is 0 Å². The maximum Gasteiger partial charge on any atom is 0.241 e. The van der Waals surface area contributed by atoms with Crippen molar-refractivity contribution in [3.8, 4) is 5.75 Å². The normalized spacial score (nSPS) is 16.1. The van der Waals surface area contributed by atoms with Crippen LogP contribution in [0.3, 0.4) is 0 Å². The van der Waals surface area contributed by atoms with E-state index in [1.54, 1.807) is 25.3 Å². The van der Waals surface area contributed by atoms with Gasteiger partial charge in [-0.15, -0.1) is 0 Å². The molecule has 1 aliphatic heterocycles. The lowest BCUT2D eigenvalue weighted by molar-refractivity contribution is -0.120. The first kappa shape index (κ1) is 19.8. The third-order valence-corrected chi connectivity index (χ3v) is 5.42. The Balaban J connectivity index is 1.60. The Morgan fingerprint density at radius 1 is 1.11 bits per heavy atom. The number of amides is 1. The van der Waals surface area contributed by atoms with Gasteiger partial charge >= 0.3 is 0 Å². The summed E-state index contributed by atoms with van der Waals surface area (Å²) in [6.07, 6.45) is 0. The maximum absolute atomic E-state index is 12.6. The molecular formula is C20H23Cl2N3O2. The van der Waals surface area contributed by atoms with Crippen molar-refractivity contribution in [3.63, 3.8) is 0 Å². The lowest BCUT2D eigenvalue weighted by Crippen LogP contribution is -2.52. The first-order valence-electron chi connectivity index (χ1n) is 8.87. The van der Waals surface area contributed by atoms with E-state index in [0.717, 1.165) is 37.6 Å². The second-order valence-corrected chi connectivity index (χ2v) is 7.33. The molecule has 0 saturated carbocycles. The van der Waals surface area contributed by atoms with E-state index in [9.17, 15) is 4.79 Å². The molecule has 2 aromatic rings. The summed E-state index contributed by atoms with van der Waals surface area (Å²) in [5, 5.41) is 3.89. The van der Waals surface area contributed by atoms with Crippen LogP contribution in [0.15, 0.2) is 42.5 Å². The second kappa shape index (κ2) is 8.83.